The Kier molecular flexibility index (Phi) is 5.02. The van der Waals surface area contributed by atoms with Gasteiger partial charge in [-0.1, -0.05) is 30.2 Å². The van der Waals surface area contributed by atoms with Crippen LogP contribution < -0.4 is 5.32 Å². The summed E-state index contributed by atoms with van der Waals surface area (Å²) in [5.41, 5.74) is 1.50. The van der Waals surface area contributed by atoms with E-state index in [-0.39, 0.29) is 0 Å². The molecule has 1 aliphatic carbocycles. The molecule has 4 nitrogen and oxygen atoms in total. The lowest BCUT2D eigenvalue weighted by Gasteiger charge is -2.48. The van der Waals surface area contributed by atoms with Gasteiger partial charge < -0.3 is 5.32 Å². The molecule has 0 atom stereocenters. The lowest BCUT2D eigenvalue weighted by molar-refractivity contribution is 0.0332. The van der Waals surface area contributed by atoms with Crippen molar-refractivity contribution >= 4 is 11.5 Å². The van der Waals surface area contributed by atoms with Crippen LogP contribution in [-0.2, 0) is 6.54 Å². The molecular formula is C15H26N4S. The van der Waals surface area contributed by atoms with Crippen molar-refractivity contribution in [1.29, 1.82) is 0 Å². The Labute approximate surface area is 126 Å². The molecule has 1 aliphatic heterocycles. The molecule has 1 aromatic heterocycles. The molecule has 3 rings (SSSR count). The third-order valence-electron chi connectivity index (χ3n) is 4.98. The number of aromatic nitrogens is 2. The molecule has 0 amide bonds. The van der Waals surface area contributed by atoms with Crippen molar-refractivity contribution in [2.45, 2.75) is 63.5 Å². The van der Waals surface area contributed by atoms with E-state index in [2.05, 4.69) is 19.8 Å². The van der Waals surface area contributed by atoms with Crippen molar-refractivity contribution < 1.29 is 0 Å². The van der Waals surface area contributed by atoms with Gasteiger partial charge in [-0.25, -0.2) is 0 Å². The van der Waals surface area contributed by atoms with E-state index in [1.54, 1.807) is 0 Å². The summed E-state index contributed by atoms with van der Waals surface area (Å²) in [5, 5.41) is 9.83. The number of nitrogens with one attached hydrogen (secondary N) is 1. The summed E-state index contributed by atoms with van der Waals surface area (Å²) < 4.78 is 3.94. The highest BCUT2D eigenvalue weighted by Gasteiger charge is 2.37. The second-order valence-corrected chi connectivity index (χ2v) is 6.94. The van der Waals surface area contributed by atoms with E-state index in [1.807, 2.05) is 5.38 Å². The van der Waals surface area contributed by atoms with Crippen LogP contribution in [0.3, 0.4) is 0 Å². The van der Waals surface area contributed by atoms with Crippen LogP contribution in [0, 0.1) is 0 Å². The fourth-order valence-electron chi connectivity index (χ4n) is 3.87. The summed E-state index contributed by atoms with van der Waals surface area (Å²) in [6.45, 7) is 4.59. The normalized spacial score (nSPS) is 23.8. The van der Waals surface area contributed by atoms with Gasteiger partial charge in [-0.3, -0.25) is 4.90 Å². The van der Waals surface area contributed by atoms with Crippen LogP contribution >= 0.6 is 11.5 Å². The first kappa shape index (κ1) is 14.4. The highest BCUT2D eigenvalue weighted by Crippen LogP contribution is 2.35. The Balaban J connectivity index is 1.59. The van der Waals surface area contributed by atoms with Gasteiger partial charge in [-0.05, 0) is 50.3 Å². The predicted octanol–water partition coefficient (Wildman–Crippen LogP) is 2.82. The third-order valence-corrected chi connectivity index (χ3v) is 5.53. The van der Waals surface area contributed by atoms with Crippen molar-refractivity contribution in [1.82, 2.24) is 19.8 Å². The SMILES string of the molecule is c1snnc1CNCC1(N2CCCCC2)CCCCC1. The molecular weight excluding hydrogens is 268 g/mol. The van der Waals surface area contributed by atoms with Gasteiger partial charge in [0.1, 0.15) is 0 Å². The van der Waals surface area contributed by atoms with Gasteiger partial charge in [-0.15, -0.1) is 5.10 Å². The molecule has 0 spiro atoms. The van der Waals surface area contributed by atoms with Crippen molar-refractivity contribution in [3.8, 4) is 0 Å². The lowest BCUT2D eigenvalue weighted by atomic mass is 9.79. The van der Waals surface area contributed by atoms with Gasteiger partial charge in [0.2, 0.25) is 0 Å². The molecule has 5 heteroatoms. The lowest BCUT2D eigenvalue weighted by Crippen LogP contribution is -2.57. The first-order valence-electron chi connectivity index (χ1n) is 8.11. The Morgan fingerprint density at radius 2 is 1.85 bits per heavy atom. The van der Waals surface area contributed by atoms with E-state index in [1.165, 1.54) is 76.0 Å². The standard InChI is InChI=1S/C15H26N4S/c1-3-7-15(8-4-1,19-9-5-2-6-10-19)13-16-11-14-12-20-18-17-14/h12,16H,1-11,13H2. The third kappa shape index (κ3) is 3.38. The maximum atomic E-state index is 4.13. The molecule has 112 valence electrons. The number of likely N-dealkylation sites (tertiary alicyclic amines) is 1. The first-order chi connectivity index (χ1) is 9.89. The minimum atomic E-state index is 0.419. The van der Waals surface area contributed by atoms with Crippen molar-refractivity contribution in [3.05, 3.63) is 11.1 Å². The van der Waals surface area contributed by atoms with E-state index in [0.29, 0.717) is 5.54 Å². The molecule has 1 saturated heterocycles. The van der Waals surface area contributed by atoms with Gasteiger partial charge in [0.15, 0.2) is 0 Å². The van der Waals surface area contributed by atoms with Crippen molar-refractivity contribution in [2.75, 3.05) is 19.6 Å². The Bertz CT molecular complexity index is 381. The highest BCUT2D eigenvalue weighted by molar-refractivity contribution is 7.03. The van der Waals surface area contributed by atoms with E-state index >= 15 is 0 Å². The molecule has 2 aliphatic rings. The van der Waals surface area contributed by atoms with Crippen LogP contribution in [0.4, 0.5) is 0 Å². The second-order valence-electron chi connectivity index (χ2n) is 6.33. The zero-order valence-corrected chi connectivity index (χ0v) is 13.1. The summed E-state index contributed by atoms with van der Waals surface area (Å²) in [6, 6.07) is 0. The minimum Gasteiger partial charge on any atom is -0.309 e. The van der Waals surface area contributed by atoms with Gasteiger partial charge in [0.05, 0.1) is 5.69 Å². The van der Waals surface area contributed by atoms with E-state index in [0.717, 1.165) is 18.8 Å². The topological polar surface area (TPSA) is 41.1 Å². The van der Waals surface area contributed by atoms with Gasteiger partial charge in [0, 0.05) is 24.0 Å². The number of rotatable bonds is 5. The van der Waals surface area contributed by atoms with Crippen molar-refractivity contribution in [3.63, 3.8) is 0 Å². The zero-order valence-electron chi connectivity index (χ0n) is 12.3. The number of nitrogens with zero attached hydrogens (tertiary/aromatic N) is 3. The maximum absolute atomic E-state index is 4.13. The number of piperidine rings is 1. The van der Waals surface area contributed by atoms with E-state index < -0.39 is 0 Å². The van der Waals surface area contributed by atoms with Crippen LogP contribution in [0.2, 0.25) is 0 Å². The largest absolute Gasteiger partial charge is 0.309 e. The van der Waals surface area contributed by atoms with Gasteiger partial charge in [0.25, 0.3) is 0 Å². The summed E-state index contributed by atoms with van der Waals surface area (Å²) in [5.74, 6) is 0. The van der Waals surface area contributed by atoms with Crippen LogP contribution in [0.15, 0.2) is 5.38 Å². The number of hydrogen-bond donors (Lipinski definition) is 1. The van der Waals surface area contributed by atoms with Gasteiger partial charge in [-0.2, -0.15) is 0 Å². The Hall–Kier alpha value is -0.520. The average molecular weight is 294 g/mol. The quantitative estimate of drug-likeness (QED) is 0.906. The first-order valence-corrected chi connectivity index (χ1v) is 8.94. The number of hydrogen-bond acceptors (Lipinski definition) is 5. The summed E-state index contributed by atoms with van der Waals surface area (Å²) >= 11 is 1.44. The van der Waals surface area contributed by atoms with E-state index in [4.69, 9.17) is 0 Å². The smallest absolute Gasteiger partial charge is 0.0893 e. The second kappa shape index (κ2) is 6.96. The maximum Gasteiger partial charge on any atom is 0.0893 e. The monoisotopic (exact) mass is 294 g/mol. The molecule has 0 bridgehead atoms. The molecule has 0 aromatic carbocycles. The molecule has 2 heterocycles. The fraction of sp³-hybridized carbons (Fsp3) is 0.867. The molecule has 1 N–H and O–H groups in total. The molecule has 0 unspecified atom stereocenters. The Morgan fingerprint density at radius 1 is 1.10 bits per heavy atom. The van der Waals surface area contributed by atoms with Crippen LogP contribution in [0.5, 0.6) is 0 Å². The summed E-state index contributed by atoms with van der Waals surface area (Å²) in [7, 11) is 0. The minimum absolute atomic E-state index is 0.419. The zero-order chi connectivity index (χ0) is 13.7. The molecule has 20 heavy (non-hydrogen) atoms. The summed E-state index contributed by atoms with van der Waals surface area (Å²) in [4.78, 5) is 2.79. The van der Waals surface area contributed by atoms with Crippen LogP contribution in [0.25, 0.3) is 0 Å². The fourth-order valence-corrected chi connectivity index (χ4v) is 4.32. The van der Waals surface area contributed by atoms with Crippen LogP contribution in [-0.4, -0.2) is 39.7 Å². The molecule has 0 radical (unpaired) electrons. The Morgan fingerprint density at radius 3 is 2.55 bits per heavy atom. The molecule has 2 fully saturated rings. The molecule has 1 saturated carbocycles. The summed E-state index contributed by atoms with van der Waals surface area (Å²) in [6.07, 6.45) is 11.2. The predicted molar refractivity (Wildman–Crippen MR) is 82.9 cm³/mol. The van der Waals surface area contributed by atoms with E-state index in [9.17, 15) is 0 Å². The average Bonchev–Trinajstić information content (AvgIpc) is 3.02. The van der Waals surface area contributed by atoms with Gasteiger partial charge >= 0.3 is 0 Å². The van der Waals surface area contributed by atoms with Crippen molar-refractivity contribution in [2.24, 2.45) is 0 Å². The molecule has 1 aromatic rings. The van der Waals surface area contributed by atoms with Crippen LogP contribution in [0.1, 0.15) is 57.1 Å². The highest BCUT2D eigenvalue weighted by atomic mass is 32.1.